The smallest absolute Gasteiger partial charge is 0.338 e. The Morgan fingerprint density at radius 1 is 1.26 bits per heavy atom. The zero-order chi connectivity index (χ0) is 20.4. The Bertz CT molecular complexity index is 971. The highest BCUT2D eigenvalue weighted by atomic mass is 35.5. The summed E-state index contributed by atoms with van der Waals surface area (Å²) in [5, 5.41) is 11.6. The fraction of sp³-hybridized carbons (Fsp3) is 0.312. The molecule has 146 valence electrons. The molecule has 0 aliphatic rings. The van der Waals surface area contributed by atoms with Crippen LogP contribution >= 0.6 is 11.6 Å². The molecule has 1 aromatic carbocycles. The minimum Gasteiger partial charge on any atom is -0.449 e. The number of hydrogen-bond acceptors (Lipinski definition) is 6. The predicted octanol–water partition coefficient (Wildman–Crippen LogP) is 1.95. The molecule has 0 radical (unpaired) electrons. The van der Waals surface area contributed by atoms with Crippen molar-refractivity contribution in [3.63, 3.8) is 0 Å². The average Bonchev–Trinajstić information content (AvgIpc) is 3.02. The Morgan fingerprint density at radius 3 is 2.52 bits per heavy atom. The maximum absolute atomic E-state index is 12.3. The summed E-state index contributed by atoms with van der Waals surface area (Å²) in [6, 6.07) is 5.13. The van der Waals surface area contributed by atoms with Crippen LogP contribution < -0.4 is 10.5 Å². The van der Waals surface area contributed by atoms with Crippen molar-refractivity contribution in [2.24, 2.45) is 5.14 Å². The second-order valence-corrected chi connectivity index (χ2v) is 7.92. The zero-order valence-electron chi connectivity index (χ0n) is 14.8. The second-order valence-electron chi connectivity index (χ2n) is 5.98. The number of aromatic nitrogens is 2. The molecular formula is C16H19ClN4O5S. The minimum atomic E-state index is -4.11. The van der Waals surface area contributed by atoms with Crippen molar-refractivity contribution in [2.75, 3.05) is 5.32 Å². The molecular weight excluding hydrogens is 396 g/mol. The van der Waals surface area contributed by atoms with E-state index in [1.807, 2.05) is 13.8 Å². The largest absolute Gasteiger partial charge is 0.449 e. The molecule has 1 aromatic heterocycles. The van der Waals surface area contributed by atoms with Gasteiger partial charge in [0.25, 0.3) is 5.91 Å². The number of esters is 1. The van der Waals surface area contributed by atoms with Gasteiger partial charge in [0, 0.05) is 12.1 Å². The van der Waals surface area contributed by atoms with Gasteiger partial charge in [-0.25, -0.2) is 23.0 Å². The minimum absolute atomic E-state index is 0.0267. The molecule has 0 saturated carbocycles. The molecule has 0 aliphatic carbocycles. The molecule has 0 bridgehead atoms. The summed E-state index contributed by atoms with van der Waals surface area (Å²) >= 11 is 5.78. The van der Waals surface area contributed by atoms with E-state index in [9.17, 15) is 18.0 Å². The van der Waals surface area contributed by atoms with Gasteiger partial charge in [-0.2, -0.15) is 5.10 Å². The number of anilines is 1. The van der Waals surface area contributed by atoms with Crippen LogP contribution in [-0.2, 0) is 19.6 Å². The van der Waals surface area contributed by atoms with Crippen LogP contribution in [0, 0.1) is 0 Å². The van der Waals surface area contributed by atoms with Crippen molar-refractivity contribution in [3.8, 4) is 0 Å². The van der Waals surface area contributed by atoms with Crippen LogP contribution in [0.5, 0.6) is 0 Å². The third-order valence-electron chi connectivity index (χ3n) is 3.54. The number of hydrogen-bond donors (Lipinski definition) is 2. The molecule has 1 amide bonds. The van der Waals surface area contributed by atoms with Gasteiger partial charge in [0.05, 0.1) is 16.8 Å². The Kier molecular flexibility index (Phi) is 6.24. The average molecular weight is 415 g/mol. The maximum atomic E-state index is 12.3. The van der Waals surface area contributed by atoms with E-state index in [-0.39, 0.29) is 16.6 Å². The van der Waals surface area contributed by atoms with Gasteiger partial charge in [-0.05, 0) is 39.0 Å². The molecule has 0 unspecified atom stereocenters. The SMILES string of the molecule is CC(C)n1nccc1NC(=O)[C@@H](C)OC(=O)c1ccc(Cl)c(S(N)(=O)=O)c1. The van der Waals surface area contributed by atoms with E-state index in [1.54, 1.807) is 10.7 Å². The van der Waals surface area contributed by atoms with E-state index in [0.29, 0.717) is 5.82 Å². The lowest BCUT2D eigenvalue weighted by Gasteiger charge is -2.16. The van der Waals surface area contributed by atoms with Crippen LogP contribution in [-0.4, -0.2) is 36.2 Å². The fourth-order valence-electron chi connectivity index (χ4n) is 2.18. The Balaban J connectivity index is 2.11. The zero-order valence-corrected chi connectivity index (χ0v) is 16.4. The molecule has 2 aromatic rings. The standard InChI is InChI=1S/C16H19ClN4O5S/c1-9(2)21-14(6-7-19-21)20-15(22)10(3)26-16(23)11-4-5-12(17)13(8-11)27(18,24)25/h4-10H,1-3H3,(H,20,22)(H2,18,24,25)/t10-/m1/s1. The van der Waals surface area contributed by atoms with Crippen molar-refractivity contribution in [1.29, 1.82) is 0 Å². The number of nitrogens with two attached hydrogens (primary N) is 1. The lowest BCUT2D eigenvalue weighted by atomic mass is 10.2. The number of benzene rings is 1. The van der Waals surface area contributed by atoms with E-state index < -0.39 is 32.9 Å². The molecule has 0 aliphatic heterocycles. The van der Waals surface area contributed by atoms with E-state index in [0.717, 1.165) is 6.07 Å². The van der Waals surface area contributed by atoms with Gasteiger partial charge in [0.1, 0.15) is 10.7 Å². The van der Waals surface area contributed by atoms with Crippen molar-refractivity contribution in [3.05, 3.63) is 41.0 Å². The first-order valence-electron chi connectivity index (χ1n) is 7.88. The number of rotatable bonds is 6. The molecule has 1 heterocycles. The van der Waals surface area contributed by atoms with Crippen LogP contribution in [0.3, 0.4) is 0 Å². The van der Waals surface area contributed by atoms with Gasteiger partial charge in [0.15, 0.2) is 6.10 Å². The maximum Gasteiger partial charge on any atom is 0.338 e. The number of nitrogens with one attached hydrogen (secondary N) is 1. The molecule has 3 N–H and O–H groups in total. The third-order valence-corrected chi connectivity index (χ3v) is 4.93. The molecule has 0 saturated heterocycles. The Morgan fingerprint density at radius 2 is 1.93 bits per heavy atom. The lowest BCUT2D eigenvalue weighted by Crippen LogP contribution is -2.31. The number of carbonyl (C=O) groups excluding carboxylic acids is 2. The normalized spacial score (nSPS) is 12.7. The van der Waals surface area contributed by atoms with Crippen LogP contribution in [0.2, 0.25) is 5.02 Å². The van der Waals surface area contributed by atoms with Gasteiger partial charge in [0.2, 0.25) is 10.0 Å². The Labute approximate surface area is 161 Å². The van der Waals surface area contributed by atoms with Gasteiger partial charge < -0.3 is 10.1 Å². The van der Waals surface area contributed by atoms with Crippen LogP contribution in [0.4, 0.5) is 5.82 Å². The van der Waals surface area contributed by atoms with Gasteiger partial charge in [-0.1, -0.05) is 11.6 Å². The van der Waals surface area contributed by atoms with E-state index in [2.05, 4.69) is 10.4 Å². The first kappa shape index (κ1) is 20.9. The van der Waals surface area contributed by atoms with E-state index >= 15 is 0 Å². The fourth-order valence-corrected chi connectivity index (χ4v) is 3.25. The number of carbonyl (C=O) groups is 2. The van der Waals surface area contributed by atoms with Crippen molar-refractivity contribution in [1.82, 2.24) is 9.78 Å². The monoisotopic (exact) mass is 414 g/mol. The van der Waals surface area contributed by atoms with Crippen molar-refractivity contribution in [2.45, 2.75) is 37.8 Å². The molecule has 9 nitrogen and oxygen atoms in total. The molecule has 2 rings (SSSR count). The van der Waals surface area contributed by atoms with Crippen LogP contribution in [0.1, 0.15) is 37.2 Å². The van der Waals surface area contributed by atoms with Gasteiger partial charge in [-0.15, -0.1) is 0 Å². The number of amides is 1. The number of halogens is 1. The van der Waals surface area contributed by atoms with Gasteiger partial charge >= 0.3 is 5.97 Å². The number of nitrogens with zero attached hydrogens (tertiary/aromatic N) is 2. The molecule has 11 heteroatoms. The highest BCUT2D eigenvalue weighted by Crippen LogP contribution is 2.22. The molecule has 0 spiro atoms. The summed E-state index contributed by atoms with van der Waals surface area (Å²) in [6.07, 6.45) is 0.399. The highest BCUT2D eigenvalue weighted by molar-refractivity contribution is 7.89. The summed E-state index contributed by atoms with van der Waals surface area (Å²) < 4.78 is 29.7. The molecule has 1 atom stereocenters. The predicted molar refractivity (Wildman–Crippen MR) is 98.9 cm³/mol. The first-order chi connectivity index (χ1) is 12.5. The Hall–Kier alpha value is -2.43. The van der Waals surface area contributed by atoms with Crippen molar-refractivity contribution >= 4 is 39.3 Å². The first-order valence-corrected chi connectivity index (χ1v) is 9.81. The van der Waals surface area contributed by atoms with Gasteiger partial charge in [-0.3, -0.25) is 4.79 Å². The van der Waals surface area contributed by atoms with Crippen LogP contribution in [0.15, 0.2) is 35.4 Å². The summed E-state index contributed by atoms with van der Waals surface area (Å²) in [5.41, 5.74) is -0.102. The topological polar surface area (TPSA) is 133 Å². The number of ether oxygens (including phenoxy) is 1. The lowest BCUT2D eigenvalue weighted by molar-refractivity contribution is -0.123. The summed E-state index contributed by atoms with van der Waals surface area (Å²) in [4.78, 5) is 24.1. The summed E-state index contributed by atoms with van der Waals surface area (Å²) in [7, 11) is -4.11. The van der Waals surface area contributed by atoms with Crippen molar-refractivity contribution < 1.29 is 22.7 Å². The quantitative estimate of drug-likeness (QED) is 0.694. The summed E-state index contributed by atoms with van der Waals surface area (Å²) in [6.45, 7) is 5.19. The number of primary sulfonamides is 1. The summed E-state index contributed by atoms with van der Waals surface area (Å²) in [5.74, 6) is -0.996. The third kappa shape index (κ3) is 5.06. The highest BCUT2D eigenvalue weighted by Gasteiger charge is 2.22. The van der Waals surface area contributed by atoms with E-state index in [4.69, 9.17) is 21.5 Å². The van der Waals surface area contributed by atoms with E-state index in [1.165, 1.54) is 25.3 Å². The second kappa shape index (κ2) is 8.07. The van der Waals surface area contributed by atoms with Crippen LogP contribution in [0.25, 0.3) is 0 Å². The number of sulfonamides is 1. The molecule has 0 fully saturated rings. The molecule has 27 heavy (non-hydrogen) atoms.